The second-order valence-corrected chi connectivity index (χ2v) is 5.59. The van der Waals surface area contributed by atoms with Crippen LogP contribution >= 0.6 is 0 Å². The molecule has 0 spiro atoms. The van der Waals surface area contributed by atoms with E-state index in [2.05, 4.69) is 9.71 Å². The van der Waals surface area contributed by atoms with Crippen molar-refractivity contribution in [3.8, 4) is 0 Å². The van der Waals surface area contributed by atoms with Crippen molar-refractivity contribution in [2.45, 2.75) is 30.8 Å². The quantitative estimate of drug-likeness (QED) is 0.660. The highest BCUT2D eigenvalue weighted by atomic mass is 32.2. The van der Waals surface area contributed by atoms with Crippen molar-refractivity contribution in [2.24, 2.45) is 0 Å². The number of rotatable bonds is 7. The first kappa shape index (κ1) is 15.5. The molecule has 1 unspecified atom stereocenters. The van der Waals surface area contributed by atoms with E-state index in [1.165, 1.54) is 6.07 Å². The minimum atomic E-state index is -3.80. The summed E-state index contributed by atoms with van der Waals surface area (Å²) in [5, 5.41) is 17.3. The Morgan fingerprint density at radius 3 is 2.58 bits per heavy atom. The Morgan fingerprint density at radius 2 is 2.16 bits per heavy atom. The highest BCUT2D eigenvalue weighted by molar-refractivity contribution is 7.89. The molecule has 0 bridgehead atoms. The number of hydrogen-bond donors (Lipinski definition) is 3. The predicted octanol–water partition coefficient (Wildman–Crippen LogP) is 0.219. The molecule has 0 radical (unpaired) electrons. The number of nitrogens with one attached hydrogen (secondary N) is 1. The van der Waals surface area contributed by atoms with Crippen LogP contribution < -0.4 is 4.72 Å². The lowest BCUT2D eigenvalue weighted by atomic mass is 10.2. The monoisotopic (exact) mass is 288 g/mol. The molecule has 19 heavy (non-hydrogen) atoms. The van der Waals surface area contributed by atoms with Gasteiger partial charge in [-0.05, 0) is 25.0 Å². The van der Waals surface area contributed by atoms with Gasteiger partial charge in [0.2, 0.25) is 0 Å². The molecule has 0 aliphatic rings. The SMILES string of the molecule is CCC(CCO)NS(=O)(=O)c1ccc(C(=O)O)cn1. The molecule has 8 heteroatoms. The number of sulfonamides is 1. The van der Waals surface area contributed by atoms with Crippen molar-refractivity contribution in [1.29, 1.82) is 0 Å². The number of carboxylic acid groups (broad SMARTS) is 1. The predicted molar refractivity (Wildman–Crippen MR) is 67.3 cm³/mol. The maximum atomic E-state index is 12.0. The van der Waals surface area contributed by atoms with Crippen LogP contribution in [0.15, 0.2) is 23.4 Å². The van der Waals surface area contributed by atoms with Gasteiger partial charge < -0.3 is 10.2 Å². The Bertz CT molecular complexity index is 527. The molecule has 0 aliphatic heterocycles. The molecule has 0 saturated carbocycles. The number of carboxylic acids is 1. The largest absolute Gasteiger partial charge is 0.478 e. The minimum absolute atomic E-state index is 0.0821. The number of carbonyl (C=O) groups is 1. The molecular formula is C11H16N2O5S. The zero-order chi connectivity index (χ0) is 14.5. The van der Waals surface area contributed by atoms with E-state index in [4.69, 9.17) is 10.2 Å². The van der Waals surface area contributed by atoms with E-state index in [0.717, 1.165) is 12.3 Å². The molecule has 1 heterocycles. The molecule has 0 aromatic carbocycles. The van der Waals surface area contributed by atoms with Crippen molar-refractivity contribution in [3.05, 3.63) is 23.9 Å². The Hall–Kier alpha value is -1.51. The van der Waals surface area contributed by atoms with E-state index < -0.39 is 16.0 Å². The normalized spacial score (nSPS) is 13.2. The van der Waals surface area contributed by atoms with Crippen molar-refractivity contribution in [1.82, 2.24) is 9.71 Å². The molecule has 7 nitrogen and oxygen atoms in total. The number of pyridine rings is 1. The van der Waals surface area contributed by atoms with E-state index in [9.17, 15) is 13.2 Å². The molecule has 0 amide bonds. The van der Waals surface area contributed by atoms with Crippen LogP contribution in [0, 0.1) is 0 Å². The fraction of sp³-hybridized carbons (Fsp3) is 0.455. The molecule has 1 aromatic heterocycles. The van der Waals surface area contributed by atoms with Crippen molar-refractivity contribution >= 4 is 16.0 Å². The maximum absolute atomic E-state index is 12.0. The summed E-state index contributed by atoms with van der Waals surface area (Å²) < 4.78 is 26.3. The lowest BCUT2D eigenvalue weighted by molar-refractivity contribution is 0.0696. The lowest BCUT2D eigenvalue weighted by Crippen LogP contribution is -2.35. The topological polar surface area (TPSA) is 117 Å². The van der Waals surface area contributed by atoms with Crippen LogP contribution in [-0.2, 0) is 10.0 Å². The van der Waals surface area contributed by atoms with E-state index in [1.54, 1.807) is 6.92 Å². The highest BCUT2D eigenvalue weighted by Gasteiger charge is 2.20. The zero-order valence-corrected chi connectivity index (χ0v) is 11.2. The number of aliphatic hydroxyl groups excluding tert-OH is 1. The maximum Gasteiger partial charge on any atom is 0.337 e. The Labute approximate surface area is 111 Å². The molecule has 0 aliphatic carbocycles. The van der Waals surface area contributed by atoms with E-state index >= 15 is 0 Å². The zero-order valence-electron chi connectivity index (χ0n) is 10.4. The van der Waals surface area contributed by atoms with Crippen LogP contribution in [-0.4, -0.2) is 42.2 Å². The van der Waals surface area contributed by atoms with Gasteiger partial charge in [-0.2, -0.15) is 0 Å². The Balaban J connectivity index is 2.90. The van der Waals surface area contributed by atoms with Gasteiger partial charge >= 0.3 is 5.97 Å². The third-order valence-corrected chi connectivity index (χ3v) is 3.99. The van der Waals surface area contributed by atoms with Crippen molar-refractivity contribution in [3.63, 3.8) is 0 Å². The van der Waals surface area contributed by atoms with Crippen molar-refractivity contribution < 1.29 is 23.4 Å². The summed E-state index contributed by atoms with van der Waals surface area (Å²) >= 11 is 0. The summed E-state index contributed by atoms with van der Waals surface area (Å²) in [7, 11) is -3.80. The van der Waals surface area contributed by atoms with E-state index in [0.29, 0.717) is 12.8 Å². The highest BCUT2D eigenvalue weighted by Crippen LogP contribution is 2.09. The standard InChI is InChI=1S/C11H16N2O5S/c1-2-9(5-6-14)13-19(17,18)10-4-3-8(7-12-10)11(15)16/h3-4,7,9,13-14H,2,5-6H2,1H3,(H,15,16). The van der Waals surface area contributed by atoms with Crippen LogP contribution in [0.5, 0.6) is 0 Å². The number of nitrogens with zero attached hydrogens (tertiary/aromatic N) is 1. The summed E-state index contributed by atoms with van der Waals surface area (Å²) in [6.45, 7) is 1.68. The molecule has 1 rings (SSSR count). The van der Waals surface area contributed by atoms with Crippen LogP contribution in [0.2, 0.25) is 0 Å². The second-order valence-electron chi connectivity index (χ2n) is 3.93. The van der Waals surface area contributed by atoms with Gasteiger partial charge in [-0.1, -0.05) is 6.92 Å². The average Bonchev–Trinajstić information content (AvgIpc) is 2.38. The summed E-state index contributed by atoms with van der Waals surface area (Å²) in [5.41, 5.74) is -0.0821. The van der Waals surface area contributed by atoms with E-state index in [1.807, 2.05) is 0 Å². The molecular weight excluding hydrogens is 272 g/mol. The first-order valence-electron chi connectivity index (χ1n) is 5.73. The van der Waals surface area contributed by atoms with Gasteiger partial charge in [0.25, 0.3) is 10.0 Å². The molecule has 1 atom stereocenters. The van der Waals surface area contributed by atoms with Crippen LogP contribution in [0.4, 0.5) is 0 Å². The fourth-order valence-corrected chi connectivity index (χ4v) is 2.73. The van der Waals surface area contributed by atoms with Gasteiger partial charge in [0.15, 0.2) is 5.03 Å². The molecule has 0 fully saturated rings. The number of hydrogen-bond acceptors (Lipinski definition) is 5. The third kappa shape index (κ3) is 4.27. The van der Waals surface area contributed by atoms with Gasteiger partial charge in [-0.25, -0.2) is 22.9 Å². The third-order valence-electron chi connectivity index (χ3n) is 2.55. The van der Waals surface area contributed by atoms with Gasteiger partial charge in [0.1, 0.15) is 0 Å². The first-order chi connectivity index (χ1) is 8.90. The Kier molecular flexibility index (Phi) is 5.40. The summed E-state index contributed by atoms with van der Waals surface area (Å²) in [4.78, 5) is 14.3. The van der Waals surface area contributed by atoms with Crippen molar-refractivity contribution in [2.75, 3.05) is 6.61 Å². The number of aromatic nitrogens is 1. The minimum Gasteiger partial charge on any atom is -0.478 e. The smallest absolute Gasteiger partial charge is 0.337 e. The molecule has 1 aromatic rings. The fourth-order valence-electron chi connectivity index (χ4n) is 1.45. The second kappa shape index (κ2) is 6.60. The lowest BCUT2D eigenvalue weighted by Gasteiger charge is -2.15. The van der Waals surface area contributed by atoms with Crippen LogP contribution in [0.3, 0.4) is 0 Å². The number of aliphatic hydroxyl groups is 1. The van der Waals surface area contributed by atoms with Gasteiger partial charge in [-0.3, -0.25) is 0 Å². The summed E-state index contributed by atoms with van der Waals surface area (Å²) in [6.07, 6.45) is 1.83. The molecule has 106 valence electrons. The van der Waals surface area contributed by atoms with E-state index in [-0.39, 0.29) is 23.2 Å². The molecule has 3 N–H and O–H groups in total. The van der Waals surface area contributed by atoms with Gasteiger partial charge in [0, 0.05) is 18.8 Å². The van der Waals surface area contributed by atoms with Gasteiger partial charge in [-0.15, -0.1) is 0 Å². The first-order valence-corrected chi connectivity index (χ1v) is 7.21. The number of aromatic carboxylic acids is 1. The van der Waals surface area contributed by atoms with Crippen LogP contribution in [0.25, 0.3) is 0 Å². The molecule has 0 saturated heterocycles. The summed E-state index contributed by atoms with van der Waals surface area (Å²) in [5.74, 6) is -1.17. The van der Waals surface area contributed by atoms with Gasteiger partial charge in [0.05, 0.1) is 5.56 Å². The summed E-state index contributed by atoms with van der Waals surface area (Å²) in [6, 6.07) is 1.94. The Morgan fingerprint density at radius 1 is 1.47 bits per heavy atom. The van der Waals surface area contributed by atoms with Crippen LogP contribution in [0.1, 0.15) is 30.1 Å². The average molecular weight is 288 g/mol.